The van der Waals surface area contributed by atoms with Crippen molar-refractivity contribution in [3.05, 3.63) is 0 Å². The number of carbonyl (C=O) groups is 6. The number of hydrogen-bond acceptors (Lipinski definition) is 7. The molecule has 3 rings (SSSR count). The van der Waals surface area contributed by atoms with Crippen LogP contribution < -0.4 is 32.7 Å². The van der Waals surface area contributed by atoms with Gasteiger partial charge in [0.2, 0.25) is 23.5 Å². The molecule has 3 fully saturated rings. The number of primary amides is 1. The molecule has 2 aliphatic carbocycles. The van der Waals surface area contributed by atoms with Gasteiger partial charge in [-0.25, -0.2) is 4.79 Å². The number of Topliss-reactive ketones (excluding diaryl/α,β-unsaturated/α-hetero) is 1. The molecule has 6 amide bonds. The van der Waals surface area contributed by atoms with Crippen LogP contribution in [0.4, 0.5) is 4.79 Å². The van der Waals surface area contributed by atoms with Crippen LogP contribution in [-0.2, 0) is 24.0 Å². The molecule has 0 aromatic carbocycles. The summed E-state index contributed by atoms with van der Waals surface area (Å²) in [5.74, 6) is -2.96. The summed E-state index contributed by atoms with van der Waals surface area (Å²) in [7, 11) is 0. The lowest BCUT2D eigenvalue weighted by Crippen LogP contribution is -2.62. The smallest absolute Gasteiger partial charge is 0.315 e. The highest BCUT2D eigenvalue weighted by atomic mass is 16.2. The zero-order chi connectivity index (χ0) is 37.3. The van der Waals surface area contributed by atoms with Crippen molar-refractivity contribution in [2.75, 3.05) is 13.1 Å². The van der Waals surface area contributed by atoms with E-state index >= 15 is 0 Å². The minimum atomic E-state index is -1.10. The van der Waals surface area contributed by atoms with Gasteiger partial charge in [0, 0.05) is 13.1 Å². The van der Waals surface area contributed by atoms with E-state index in [1.807, 2.05) is 41.5 Å². The summed E-state index contributed by atoms with van der Waals surface area (Å²) in [6.45, 7) is 19.3. The molecule has 1 unspecified atom stereocenters. The van der Waals surface area contributed by atoms with Gasteiger partial charge in [-0.15, -0.1) is 0 Å². The number of likely N-dealkylation sites (tertiary alicyclic amines) is 1. The van der Waals surface area contributed by atoms with Crippen LogP contribution in [0.5, 0.6) is 0 Å². The van der Waals surface area contributed by atoms with Crippen LogP contribution >= 0.6 is 0 Å². The fourth-order valence-corrected chi connectivity index (χ4v) is 7.47. The molecule has 13 nitrogen and oxygen atoms in total. The topological polar surface area (TPSA) is 206 Å². The average Bonchev–Trinajstić information content (AvgIpc) is 3.47. The number of hydrogen-bond donors (Lipinski definition) is 6. The van der Waals surface area contributed by atoms with Gasteiger partial charge in [0.05, 0.1) is 17.6 Å². The van der Waals surface area contributed by atoms with E-state index in [1.54, 1.807) is 18.7 Å². The Kier molecular flexibility index (Phi) is 11.9. The summed E-state index contributed by atoms with van der Waals surface area (Å²) in [4.78, 5) is 81.2. The number of nitrogens with one attached hydrogen (secondary N) is 4. The molecule has 8 N–H and O–H groups in total. The highest BCUT2D eigenvalue weighted by Gasteiger charge is 2.59. The van der Waals surface area contributed by atoms with Crippen molar-refractivity contribution >= 4 is 35.4 Å². The van der Waals surface area contributed by atoms with Gasteiger partial charge in [0.1, 0.15) is 12.1 Å². The molecule has 278 valence electrons. The summed E-state index contributed by atoms with van der Waals surface area (Å²) in [5, 5.41) is 11.5. The molecular weight excluding hydrogens is 626 g/mol. The SMILES string of the molecule is CC(C)(N)C(=O)NC[C@@H](NC(=O)N[C@H](C(=O)N1C[C@]2(CCCC2(C)C)C[C@H]1C(=O)NC(CC1CCC1)C(=O)C(N)=O)C(C)(C)C)C(C)(C)C. The van der Waals surface area contributed by atoms with Gasteiger partial charge in [-0.2, -0.15) is 0 Å². The zero-order valence-electron chi connectivity index (χ0n) is 31.5. The highest BCUT2D eigenvalue weighted by Crippen LogP contribution is 2.59. The average molecular weight is 690 g/mol. The number of urea groups is 1. The lowest BCUT2D eigenvalue weighted by Gasteiger charge is -2.39. The molecule has 1 saturated heterocycles. The molecule has 3 aliphatic rings. The van der Waals surface area contributed by atoms with Gasteiger partial charge < -0.3 is 37.6 Å². The lowest BCUT2D eigenvalue weighted by atomic mass is 9.66. The Bertz CT molecular complexity index is 1290. The summed E-state index contributed by atoms with van der Waals surface area (Å²) in [6.07, 6.45) is 6.35. The summed E-state index contributed by atoms with van der Waals surface area (Å²) in [5.41, 5.74) is 8.53. The largest absolute Gasteiger partial charge is 0.363 e. The van der Waals surface area contributed by atoms with Crippen LogP contribution in [0.15, 0.2) is 0 Å². The van der Waals surface area contributed by atoms with Crippen LogP contribution in [0.25, 0.3) is 0 Å². The van der Waals surface area contributed by atoms with E-state index in [0.717, 1.165) is 38.5 Å². The van der Waals surface area contributed by atoms with Gasteiger partial charge in [-0.1, -0.05) is 81.1 Å². The zero-order valence-corrected chi connectivity index (χ0v) is 31.5. The Morgan fingerprint density at radius 2 is 1.47 bits per heavy atom. The monoisotopic (exact) mass is 689 g/mol. The van der Waals surface area contributed by atoms with Crippen LogP contribution in [0.3, 0.4) is 0 Å². The predicted molar refractivity (Wildman–Crippen MR) is 188 cm³/mol. The van der Waals surface area contributed by atoms with Crippen molar-refractivity contribution in [1.82, 2.24) is 26.2 Å². The third-order valence-corrected chi connectivity index (χ3v) is 11.4. The first kappa shape index (κ1) is 40.2. The van der Waals surface area contributed by atoms with Gasteiger partial charge >= 0.3 is 6.03 Å². The fraction of sp³-hybridized carbons (Fsp3) is 0.833. The quantitative estimate of drug-likeness (QED) is 0.169. The molecule has 1 heterocycles. The molecule has 13 heteroatoms. The van der Waals surface area contributed by atoms with Crippen LogP contribution in [-0.4, -0.2) is 83.1 Å². The Labute approximate surface area is 292 Å². The maximum atomic E-state index is 14.7. The van der Waals surface area contributed by atoms with E-state index in [9.17, 15) is 28.8 Å². The first-order valence-electron chi connectivity index (χ1n) is 17.9. The standard InChI is InChI=1S/C36H63N7O6/c1-32(2,3)24(19-39-30(48)35(9,10)38)41-31(49)42-26(33(4,5)6)29(47)43-20-36(16-12-15-34(36,7)8)18-23(43)28(46)40-22(25(44)27(37)45)17-21-13-11-14-21/h21-24,26H,11-20,38H2,1-10H3,(H2,37,45)(H,39,48)(H,40,46)(H2,41,42,49)/t22?,23-,24+,26+,36-/m0/s1. The number of nitrogens with two attached hydrogens (primary N) is 2. The normalized spacial score (nSPS) is 24.4. The van der Waals surface area contributed by atoms with Crippen molar-refractivity contribution in [1.29, 1.82) is 0 Å². The summed E-state index contributed by atoms with van der Waals surface area (Å²) >= 11 is 0. The Balaban J connectivity index is 1.89. The molecule has 0 aromatic heterocycles. The number of rotatable bonds is 12. The second-order valence-electron chi connectivity index (χ2n) is 18.3. The Morgan fingerprint density at radius 3 is 1.92 bits per heavy atom. The summed E-state index contributed by atoms with van der Waals surface area (Å²) < 4.78 is 0. The highest BCUT2D eigenvalue weighted by molar-refractivity contribution is 6.37. The molecule has 0 radical (unpaired) electrons. The molecule has 2 saturated carbocycles. The number of carbonyl (C=O) groups excluding carboxylic acids is 6. The molecule has 5 atom stereocenters. The van der Waals surface area contributed by atoms with E-state index in [0.29, 0.717) is 19.4 Å². The number of nitrogens with zero attached hydrogens (tertiary/aromatic N) is 1. The van der Waals surface area contributed by atoms with Gasteiger partial charge in [0.25, 0.3) is 5.91 Å². The minimum Gasteiger partial charge on any atom is -0.363 e. The first-order chi connectivity index (χ1) is 22.3. The van der Waals surface area contributed by atoms with Crippen LogP contribution in [0.1, 0.15) is 121 Å². The summed E-state index contributed by atoms with van der Waals surface area (Å²) in [6, 6.07) is -4.06. The van der Waals surface area contributed by atoms with E-state index in [2.05, 4.69) is 35.1 Å². The molecule has 0 bridgehead atoms. The van der Waals surface area contributed by atoms with Gasteiger partial charge in [0.15, 0.2) is 0 Å². The van der Waals surface area contributed by atoms with Crippen molar-refractivity contribution in [3.8, 4) is 0 Å². The van der Waals surface area contributed by atoms with Gasteiger partial charge in [-0.05, 0) is 67.1 Å². The van der Waals surface area contributed by atoms with Crippen molar-refractivity contribution < 1.29 is 28.8 Å². The van der Waals surface area contributed by atoms with Crippen molar-refractivity contribution in [3.63, 3.8) is 0 Å². The third kappa shape index (κ3) is 9.52. The van der Waals surface area contributed by atoms with E-state index in [1.165, 1.54) is 0 Å². The molecular formula is C36H63N7O6. The second-order valence-corrected chi connectivity index (χ2v) is 18.3. The number of ketones is 1. The maximum Gasteiger partial charge on any atom is 0.315 e. The molecule has 1 spiro atoms. The third-order valence-electron chi connectivity index (χ3n) is 11.4. The molecule has 0 aromatic rings. The Morgan fingerprint density at radius 1 is 0.857 bits per heavy atom. The molecule has 49 heavy (non-hydrogen) atoms. The number of amides is 6. The Hall–Kier alpha value is -3.22. The van der Waals surface area contributed by atoms with Crippen LogP contribution in [0.2, 0.25) is 0 Å². The van der Waals surface area contributed by atoms with E-state index < -0.39 is 70.1 Å². The minimum absolute atomic E-state index is 0.128. The predicted octanol–water partition coefficient (Wildman–Crippen LogP) is 2.50. The van der Waals surface area contributed by atoms with E-state index in [4.69, 9.17) is 11.5 Å². The second kappa shape index (κ2) is 14.6. The maximum absolute atomic E-state index is 14.7. The fourth-order valence-electron chi connectivity index (χ4n) is 7.47. The lowest BCUT2D eigenvalue weighted by molar-refractivity contribution is -0.143. The molecule has 1 aliphatic heterocycles. The van der Waals surface area contributed by atoms with E-state index in [-0.39, 0.29) is 29.2 Å². The first-order valence-corrected chi connectivity index (χ1v) is 17.9. The van der Waals surface area contributed by atoms with Crippen molar-refractivity contribution in [2.45, 2.75) is 150 Å². The van der Waals surface area contributed by atoms with Crippen LogP contribution in [0, 0.1) is 27.6 Å². The van der Waals surface area contributed by atoms with Gasteiger partial charge in [-0.3, -0.25) is 24.0 Å². The van der Waals surface area contributed by atoms with Crippen molar-refractivity contribution in [2.24, 2.45) is 39.0 Å².